The Hall–Kier alpha value is -2.21. The first-order valence-electron chi connectivity index (χ1n) is 10.1. The second-order valence-electron chi connectivity index (χ2n) is 8.03. The quantitative estimate of drug-likeness (QED) is 0.903. The van der Waals surface area contributed by atoms with Gasteiger partial charge in [0.1, 0.15) is 5.82 Å². The second-order valence-corrected chi connectivity index (χ2v) is 8.03. The van der Waals surface area contributed by atoms with Gasteiger partial charge in [0.15, 0.2) is 5.69 Å². The molecule has 1 amide bonds. The number of rotatable bonds is 4. The predicted molar refractivity (Wildman–Crippen MR) is 101 cm³/mol. The Kier molecular flexibility index (Phi) is 4.23. The van der Waals surface area contributed by atoms with Crippen LogP contribution in [0.1, 0.15) is 53.8 Å². The van der Waals surface area contributed by atoms with Crippen LogP contribution in [0.2, 0.25) is 0 Å². The molecule has 5 nitrogen and oxygen atoms in total. The van der Waals surface area contributed by atoms with Gasteiger partial charge in [-0.3, -0.25) is 4.79 Å². The number of likely N-dealkylation sites (tertiary alicyclic amines) is 1. The van der Waals surface area contributed by atoms with Gasteiger partial charge in [-0.05, 0) is 69.2 Å². The smallest absolute Gasteiger partial charge is 0.272 e. The zero-order valence-electron chi connectivity index (χ0n) is 15.5. The molecule has 0 bridgehead atoms. The number of piperidine rings is 1. The van der Waals surface area contributed by atoms with Gasteiger partial charge in [-0.25, -0.2) is 9.07 Å². The maximum absolute atomic E-state index is 13.3. The Morgan fingerprint density at radius 1 is 1.07 bits per heavy atom. The van der Waals surface area contributed by atoms with Crippen molar-refractivity contribution in [2.45, 2.75) is 57.0 Å². The van der Waals surface area contributed by atoms with E-state index in [1.807, 2.05) is 4.68 Å². The number of hydrogen-bond donors (Lipinski definition) is 1. The highest BCUT2D eigenvalue weighted by atomic mass is 19.1. The summed E-state index contributed by atoms with van der Waals surface area (Å²) in [5.74, 6) is -0.322. The van der Waals surface area contributed by atoms with Gasteiger partial charge < -0.3 is 10.2 Å². The summed E-state index contributed by atoms with van der Waals surface area (Å²) in [4.78, 5) is 15.5. The largest absolute Gasteiger partial charge is 0.348 e. The molecule has 1 aromatic heterocycles. The van der Waals surface area contributed by atoms with Gasteiger partial charge in [-0.15, -0.1) is 0 Å². The lowest BCUT2D eigenvalue weighted by Gasteiger charge is -2.32. The van der Waals surface area contributed by atoms with Gasteiger partial charge in [0, 0.05) is 36.4 Å². The Labute approximate surface area is 158 Å². The number of carbonyl (C=O) groups excluding carboxylic acids is 1. The van der Waals surface area contributed by atoms with E-state index in [0.29, 0.717) is 5.69 Å². The third-order valence-corrected chi connectivity index (χ3v) is 6.14. The van der Waals surface area contributed by atoms with E-state index < -0.39 is 0 Å². The number of benzene rings is 1. The summed E-state index contributed by atoms with van der Waals surface area (Å²) in [6.45, 7) is 2.16. The topological polar surface area (TPSA) is 50.2 Å². The van der Waals surface area contributed by atoms with Crippen molar-refractivity contribution in [3.8, 4) is 5.69 Å². The van der Waals surface area contributed by atoms with Crippen LogP contribution in [0.4, 0.5) is 4.39 Å². The van der Waals surface area contributed by atoms with E-state index in [0.717, 1.165) is 68.2 Å². The monoisotopic (exact) mass is 368 g/mol. The summed E-state index contributed by atoms with van der Waals surface area (Å²) in [6, 6.07) is 7.35. The number of carbonyl (C=O) groups is 1. The fourth-order valence-electron chi connectivity index (χ4n) is 4.52. The molecule has 1 N–H and O–H groups in total. The summed E-state index contributed by atoms with van der Waals surface area (Å²) < 4.78 is 15.1. The van der Waals surface area contributed by atoms with Crippen LogP contribution in [0.3, 0.4) is 0 Å². The van der Waals surface area contributed by atoms with Gasteiger partial charge in [-0.1, -0.05) is 0 Å². The molecule has 2 fully saturated rings. The van der Waals surface area contributed by atoms with E-state index in [-0.39, 0.29) is 17.8 Å². The molecule has 142 valence electrons. The maximum Gasteiger partial charge on any atom is 0.272 e. The first-order chi connectivity index (χ1) is 13.2. The van der Waals surface area contributed by atoms with Gasteiger partial charge in [-0.2, -0.15) is 5.10 Å². The number of amides is 1. The summed E-state index contributed by atoms with van der Waals surface area (Å²) in [5.41, 5.74) is 3.52. The highest BCUT2D eigenvalue weighted by molar-refractivity contribution is 5.94. The van der Waals surface area contributed by atoms with Crippen molar-refractivity contribution in [2.75, 3.05) is 13.1 Å². The minimum Gasteiger partial charge on any atom is -0.348 e. The van der Waals surface area contributed by atoms with Crippen LogP contribution in [0, 0.1) is 5.82 Å². The summed E-state index contributed by atoms with van der Waals surface area (Å²) in [7, 11) is 0. The summed E-state index contributed by atoms with van der Waals surface area (Å²) >= 11 is 0. The highest BCUT2D eigenvalue weighted by Gasteiger charge is 2.33. The molecule has 6 heteroatoms. The van der Waals surface area contributed by atoms with Crippen molar-refractivity contribution >= 4 is 5.91 Å². The van der Waals surface area contributed by atoms with Crippen LogP contribution in [-0.2, 0) is 12.8 Å². The molecule has 27 heavy (non-hydrogen) atoms. The van der Waals surface area contributed by atoms with Crippen molar-refractivity contribution in [1.82, 2.24) is 20.0 Å². The molecule has 1 saturated carbocycles. The lowest BCUT2D eigenvalue weighted by molar-refractivity contribution is 0.0902. The molecule has 1 aromatic carbocycles. The molecule has 3 aliphatic rings. The first-order valence-corrected chi connectivity index (χ1v) is 10.1. The number of aromatic nitrogens is 2. The maximum atomic E-state index is 13.3. The molecule has 2 aromatic rings. The van der Waals surface area contributed by atoms with Crippen molar-refractivity contribution < 1.29 is 9.18 Å². The van der Waals surface area contributed by atoms with Crippen molar-refractivity contribution in [3.63, 3.8) is 0 Å². The molecule has 1 saturated heterocycles. The SMILES string of the molecule is O=C(NC1CCN(C2CC2)CC1)c1nn(-c2ccc(F)cc2)c2c1CCC2. The average Bonchev–Trinajstić information content (AvgIpc) is 3.30. The molecular formula is C21H25FN4O. The minimum absolute atomic E-state index is 0.0566. The first kappa shape index (κ1) is 16.9. The van der Waals surface area contributed by atoms with Crippen LogP contribution in [0.25, 0.3) is 5.69 Å². The predicted octanol–water partition coefficient (Wildman–Crippen LogP) is 2.86. The molecule has 5 rings (SSSR count). The molecular weight excluding hydrogens is 343 g/mol. The normalized spacial score (nSPS) is 20.6. The van der Waals surface area contributed by atoms with Crippen LogP contribution in [-0.4, -0.2) is 45.8 Å². The number of fused-ring (bicyclic) bond motifs is 1. The van der Waals surface area contributed by atoms with Crippen molar-refractivity contribution in [2.24, 2.45) is 0 Å². The zero-order chi connectivity index (χ0) is 18.4. The van der Waals surface area contributed by atoms with Crippen molar-refractivity contribution in [1.29, 1.82) is 0 Å². The van der Waals surface area contributed by atoms with E-state index in [2.05, 4.69) is 15.3 Å². The van der Waals surface area contributed by atoms with E-state index in [4.69, 9.17) is 0 Å². The summed E-state index contributed by atoms with van der Waals surface area (Å²) in [6.07, 6.45) is 7.54. The van der Waals surface area contributed by atoms with E-state index >= 15 is 0 Å². The Morgan fingerprint density at radius 2 is 1.81 bits per heavy atom. The van der Waals surface area contributed by atoms with E-state index in [9.17, 15) is 9.18 Å². The second kappa shape index (κ2) is 6.75. The van der Waals surface area contributed by atoms with Crippen molar-refractivity contribution in [3.05, 3.63) is 47.0 Å². The third-order valence-electron chi connectivity index (χ3n) is 6.14. The molecule has 1 aliphatic heterocycles. The highest BCUT2D eigenvalue weighted by Crippen LogP contribution is 2.30. The molecule has 2 aliphatic carbocycles. The van der Waals surface area contributed by atoms with Crippen LogP contribution < -0.4 is 5.32 Å². The van der Waals surface area contributed by atoms with E-state index in [1.54, 1.807) is 12.1 Å². The lowest BCUT2D eigenvalue weighted by atomic mass is 10.0. The van der Waals surface area contributed by atoms with Gasteiger partial charge >= 0.3 is 0 Å². The van der Waals surface area contributed by atoms with Crippen LogP contribution in [0.15, 0.2) is 24.3 Å². The molecule has 0 unspecified atom stereocenters. The molecule has 0 radical (unpaired) electrons. The standard InChI is InChI=1S/C21H25FN4O/c22-14-4-6-17(7-5-14)26-19-3-1-2-18(19)20(24-26)21(27)23-15-10-12-25(13-11-15)16-8-9-16/h4-7,15-16H,1-3,8-13H2,(H,23,27). The van der Waals surface area contributed by atoms with Gasteiger partial charge in [0.2, 0.25) is 0 Å². The number of hydrogen-bond acceptors (Lipinski definition) is 3. The average molecular weight is 368 g/mol. The van der Waals surface area contributed by atoms with Crippen LogP contribution in [0.5, 0.6) is 0 Å². The zero-order valence-corrected chi connectivity index (χ0v) is 15.5. The number of halogens is 1. The fourth-order valence-corrected chi connectivity index (χ4v) is 4.52. The Bertz CT molecular complexity index is 848. The minimum atomic E-state index is -0.266. The lowest BCUT2D eigenvalue weighted by Crippen LogP contribution is -2.45. The number of nitrogens with zero attached hydrogens (tertiary/aromatic N) is 3. The third kappa shape index (κ3) is 3.27. The molecule has 0 spiro atoms. The number of nitrogens with one attached hydrogen (secondary N) is 1. The Balaban J connectivity index is 1.33. The van der Waals surface area contributed by atoms with Crippen LogP contribution >= 0.6 is 0 Å². The van der Waals surface area contributed by atoms with Gasteiger partial charge in [0.25, 0.3) is 5.91 Å². The Morgan fingerprint density at radius 3 is 2.52 bits per heavy atom. The van der Waals surface area contributed by atoms with Gasteiger partial charge in [0.05, 0.1) is 5.69 Å². The summed E-state index contributed by atoms with van der Waals surface area (Å²) in [5, 5.41) is 7.84. The molecule has 2 heterocycles. The van der Waals surface area contributed by atoms with E-state index in [1.165, 1.54) is 25.0 Å². The molecule has 0 atom stereocenters. The fraction of sp³-hybridized carbons (Fsp3) is 0.524.